The second-order valence-electron chi connectivity index (χ2n) is 7.30. The molecule has 2 aliphatic rings. The first-order chi connectivity index (χ1) is 8.35. The second-order valence-corrected chi connectivity index (χ2v) is 7.30. The van der Waals surface area contributed by atoms with Crippen LogP contribution in [0.4, 0.5) is 0 Å². The smallest absolute Gasteiger partial charge is 0.234 e. The van der Waals surface area contributed by atoms with Gasteiger partial charge in [-0.1, -0.05) is 6.42 Å². The summed E-state index contributed by atoms with van der Waals surface area (Å²) in [7, 11) is 0. The molecule has 2 fully saturated rings. The van der Waals surface area contributed by atoms with Crippen molar-refractivity contribution in [3.05, 3.63) is 0 Å². The molecule has 2 N–H and O–H groups in total. The average Bonchev–Trinajstić information content (AvgIpc) is 2.87. The van der Waals surface area contributed by atoms with Crippen LogP contribution < -0.4 is 10.6 Å². The lowest BCUT2D eigenvalue weighted by Crippen LogP contribution is -2.47. The minimum Gasteiger partial charge on any atom is -0.352 e. The maximum Gasteiger partial charge on any atom is 0.234 e. The van der Waals surface area contributed by atoms with Crippen LogP contribution in [-0.4, -0.2) is 24.0 Å². The number of fused-ring (bicyclic) bond motifs is 2. The van der Waals surface area contributed by atoms with Gasteiger partial charge in [-0.15, -0.1) is 0 Å². The lowest BCUT2D eigenvalue weighted by molar-refractivity contribution is -0.121. The third kappa shape index (κ3) is 3.47. The second kappa shape index (κ2) is 5.20. The molecule has 2 aliphatic carbocycles. The van der Waals surface area contributed by atoms with Crippen molar-refractivity contribution in [2.75, 3.05) is 6.54 Å². The summed E-state index contributed by atoms with van der Waals surface area (Å²) in [4.78, 5) is 11.9. The molecule has 3 heteroatoms. The minimum atomic E-state index is 0.00695. The van der Waals surface area contributed by atoms with E-state index in [0.717, 1.165) is 17.8 Å². The molecule has 2 saturated carbocycles. The molecule has 0 saturated heterocycles. The molecule has 0 radical (unpaired) electrons. The van der Waals surface area contributed by atoms with Crippen LogP contribution in [0.5, 0.6) is 0 Å². The van der Waals surface area contributed by atoms with E-state index >= 15 is 0 Å². The Morgan fingerprint density at radius 1 is 1.28 bits per heavy atom. The highest BCUT2D eigenvalue weighted by Crippen LogP contribution is 2.49. The van der Waals surface area contributed by atoms with Gasteiger partial charge >= 0.3 is 0 Å². The Kier molecular flexibility index (Phi) is 4.00. The highest BCUT2D eigenvalue weighted by atomic mass is 16.2. The third-order valence-corrected chi connectivity index (χ3v) is 4.60. The molecule has 2 bridgehead atoms. The van der Waals surface area contributed by atoms with Crippen molar-refractivity contribution < 1.29 is 4.79 Å². The van der Waals surface area contributed by atoms with Gasteiger partial charge < -0.3 is 10.6 Å². The van der Waals surface area contributed by atoms with E-state index in [0.29, 0.717) is 12.6 Å². The van der Waals surface area contributed by atoms with E-state index in [1.807, 2.05) is 0 Å². The van der Waals surface area contributed by atoms with Crippen LogP contribution in [-0.2, 0) is 4.79 Å². The summed E-state index contributed by atoms with van der Waals surface area (Å²) in [6.07, 6.45) is 5.55. The summed E-state index contributed by atoms with van der Waals surface area (Å²) in [5.41, 5.74) is 0.00695. The molecule has 0 aromatic heterocycles. The number of nitrogens with one attached hydrogen (secondary N) is 2. The van der Waals surface area contributed by atoms with Gasteiger partial charge in [0.25, 0.3) is 0 Å². The highest BCUT2D eigenvalue weighted by Gasteiger charge is 2.42. The SMILES string of the molecule is C[C@@H](NC(=O)CNC(C)(C)C)[C@H]1C[C@H]2CC[C@H]1C2. The van der Waals surface area contributed by atoms with Crippen molar-refractivity contribution in [1.82, 2.24) is 10.6 Å². The number of amides is 1. The average molecular weight is 252 g/mol. The first kappa shape index (κ1) is 13.9. The van der Waals surface area contributed by atoms with Crippen LogP contribution in [0.15, 0.2) is 0 Å². The van der Waals surface area contributed by atoms with E-state index < -0.39 is 0 Å². The van der Waals surface area contributed by atoms with Gasteiger partial charge in [-0.2, -0.15) is 0 Å². The summed E-state index contributed by atoms with van der Waals surface area (Å²) >= 11 is 0. The highest BCUT2D eigenvalue weighted by molar-refractivity contribution is 5.78. The molecule has 1 amide bonds. The van der Waals surface area contributed by atoms with Crippen LogP contribution in [0.3, 0.4) is 0 Å². The molecule has 104 valence electrons. The van der Waals surface area contributed by atoms with Gasteiger partial charge in [0.05, 0.1) is 6.54 Å². The number of hydrogen-bond acceptors (Lipinski definition) is 2. The molecular formula is C15H28N2O. The van der Waals surface area contributed by atoms with Crippen molar-refractivity contribution in [1.29, 1.82) is 0 Å². The van der Waals surface area contributed by atoms with Crippen molar-refractivity contribution in [2.45, 2.75) is 65.0 Å². The zero-order valence-electron chi connectivity index (χ0n) is 12.3. The fraction of sp³-hybridized carbons (Fsp3) is 0.933. The van der Waals surface area contributed by atoms with Crippen LogP contribution in [0, 0.1) is 17.8 Å². The first-order valence-corrected chi connectivity index (χ1v) is 7.39. The molecule has 4 atom stereocenters. The predicted octanol–water partition coefficient (Wildman–Crippen LogP) is 2.32. The zero-order chi connectivity index (χ0) is 13.3. The van der Waals surface area contributed by atoms with Gasteiger partial charge in [0.2, 0.25) is 5.91 Å². The summed E-state index contributed by atoms with van der Waals surface area (Å²) in [5.74, 6) is 2.69. The standard InChI is InChI=1S/C15H28N2O/c1-10(13-8-11-5-6-12(13)7-11)17-14(18)9-16-15(2,3)4/h10-13,16H,5-9H2,1-4H3,(H,17,18)/t10-,11+,12+,13-/m1/s1. The van der Waals surface area contributed by atoms with Crippen LogP contribution in [0.2, 0.25) is 0 Å². The number of rotatable bonds is 4. The molecule has 0 unspecified atom stereocenters. The van der Waals surface area contributed by atoms with E-state index in [4.69, 9.17) is 0 Å². The van der Waals surface area contributed by atoms with E-state index in [-0.39, 0.29) is 11.4 Å². The maximum absolute atomic E-state index is 11.9. The molecule has 2 rings (SSSR count). The number of carbonyl (C=O) groups excluding carboxylic acids is 1. The maximum atomic E-state index is 11.9. The van der Waals surface area contributed by atoms with Gasteiger partial charge in [-0.05, 0) is 64.7 Å². The Morgan fingerprint density at radius 3 is 2.50 bits per heavy atom. The van der Waals surface area contributed by atoms with E-state index in [1.54, 1.807) is 0 Å². The van der Waals surface area contributed by atoms with E-state index in [1.165, 1.54) is 25.7 Å². The van der Waals surface area contributed by atoms with E-state index in [2.05, 4.69) is 38.3 Å². The summed E-state index contributed by atoms with van der Waals surface area (Å²) in [6.45, 7) is 8.86. The molecule has 0 spiro atoms. The quantitative estimate of drug-likeness (QED) is 0.806. The summed E-state index contributed by atoms with van der Waals surface area (Å²) < 4.78 is 0. The lowest BCUT2D eigenvalue weighted by Gasteiger charge is -2.29. The normalized spacial score (nSPS) is 32.6. The Labute approximate surface area is 111 Å². The van der Waals surface area contributed by atoms with Crippen molar-refractivity contribution in [3.63, 3.8) is 0 Å². The molecule has 0 aromatic rings. The molecule has 0 heterocycles. The molecule has 3 nitrogen and oxygen atoms in total. The topological polar surface area (TPSA) is 41.1 Å². The Morgan fingerprint density at radius 2 is 2.00 bits per heavy atom. The molecule has 0 aromatic carbocycles. The first-order valence-electron chi connectivity index (χ1n) is 7.39. The van der Waals surface area contributed by atoms with Crippen molar-refractivity contribution in [2.24, 2.45) is 17.8 Å². The molecular weight excluding hydrogens is 224 g/mol. The van der Waals surface area contributed by atoms with Crippen LogP contribution in [0.1, 0.15) is 53.4 Å². The summed E-state index contributed by atoms with van der Waals surface area (Å²) in [6, 6.07) is 0.342. The predicted molar refractivity (Wildman–Crippen MR) is 74.3 cm³/mol. The number of carbonyl (C=O) groups is 1. The van der Waals surface area contributed by atoms with Gasteiger partial charge in [0.15, 0.2) is 0 Å². The van der Waals surface area contributed by atoms with E-state index in [9.17, 15) is 4.79 Å². The number of hydrogen-bond donors (Lipinski definition) is 2. The molecule has 0 aliphatic heterocycles. The van der Waals surface area contributed by atoms with Gasteiger partial charge in [-0.25, -0.2) is 0 Å². The zero-order valence-corrected chi connectivity index (χ0v) is 12.3. The fourth-order valence-electron chi connectivity index (χ4n) is 3.66. The lowest BCUT2D eigenvalue weighted by atomic mass is 9.84. The Hall–Kier alpha value is -0.570. The van der Waals surface area contributed by atoms with Crippen LogP contribution in [0.25, 0.3) is 0 Å². The van der Waals surface area contributed by atoms with Gasteiger partial charge in [0, 0.05) is 11.6 Å². The summed E-state index contributed by atoms with van der Waals surface area (Å²) in [5, 5.41) is 6.42. The third-order valence-electron chi connectivity index (χ3n) is 4.60. The van der Waals surface area contributed by atoms with Gasteiger partial charge in [-0.3, -0.25) is 4.79 Å². The van der Waals surface area contributed by atoms with Crippen molar-refractivity contribution >= 4 is 5.91 Å². The largest absolute Gasteiger partial charge is 0.352 e. The van der Waals surface area contributed by atoms with Crippen molar-refractivity contribution in [3.8, 4) is 0 Å². The monoisotopic (exact) mass is 252 g/mol. The minimum absolute atomic E-state index is 0.00695. The fourth-order valence-corrected chi connectivity index (χ4v) is 3.66. The Balaban J connectivity index is 1.74. The Bertz CT molecular complexity index is 308. The molecule has 18 heavy (non-hydrogen) atoms. The van der Waals surface area contributed by atoms with Gasteiger partial charge in [0.1, 0.15) is 0 Å². The van der Waals surface area contributed by atoms with Crippen LogP contribution >= 0.6 is 0 Å².